The van der Waals surface area contributed by atoms with Gasteiger partial charge in [0.05, 0.1) is 18.2 Å². The molecule has 2 amide bonds. The van der Waals surface area contributed by atoms with E-state index in [0.717, 1.165) is 10.5 Å². The second-order valence-electron chi connectivity index (χ2n) is 5.94. The molecule has 0 fully saturated rings. The molecule has 1 aliphatic heterocycles. The van der Waals surface area contributed by atoms with Gasteiger partial charge in [0.1, 0.15) is 0 Å². The molecule has 0 spiro atoms. The van der Waals surface area contributed by atoms with Crippen LogP contribution in [0.3, 0.4) is 0 Å². The van der Waals surface area contributed by atoms with E-state index >= 15 is 0 Å². The highest BCUT2D eigenvalue weighted by Gasteiger charge is 2.33. The van der Waals surface area contributed by atoms with Gasteiger partial charge in [0.25, 0.3) is 0 Å². The second kappa shape index (κ2) is 9.37. The van der Waals surface area contributed by atoms with Crippen molar-refractivity contribution >= 4 is 47.0 Å². The van der Waals surface area contributed by atoms with Crippen molar-refractivity contribution in [1.29, 1.82) is 0 Å². The SMILES string of the molecule is CCOC(=O)C1=C(CSc2ccc(Cl)cc2)NC(=O)N[C@H]1c1ccc(Cl)cc1. The van der Waals surface area contributed by atoms with Gasteiger partial charge < -0.3 is 15.4 Å². The van der Waals surface area contributed by atoms with Crippen molar-refractivity contribution in [3.63, 3.8) is 0 Å². The minimum atomic E-state index is -0.620. The van der Waals surface area contributed by atoms with Gasteiger partial charge in [-0.15, -0.1) is 11.8 Å². The molecule has 2 aromatic rings. The first kappa shape index (κ1) is 20.6. The molecule has 8 heteroatoms. The first-order valence-corrected chi connectivity index (χ1v) is 10.3. The predicted octanol–water partition coefficient (Wildman–Crippen LogP) is 4.96. The number of urea groups is 1. The summed E-state index contributed by atoms with van der Waals surface area (Å²) >= 11 is 13.4. The molecule has 1 atom stereocenters. The topological polar surface area (TPSA) is 67.4 Å². The normalized spacial score (nSPS) is 16.4. The number of benzene rings is 2. The fourth-order valence-corrected chi connectivity index (χ4v) is 3.89. The molecule has 0 saturated heterocycles. The van der Waals surface area contributed by atoms with Gasteiger partial charge in [0.2, 0.25) is 0 Å². The standard InChI is InChI=1S/C20H18Cl2N2O3S/c1-2-27-19(25)17-16(11-28-15-9-7-14(22)8-10-15)23-20(26)24-18(17)12-3-5-13(21)6-4-12/h3-10,18H,2,11H2,1H3,(H2,23,24,26)/t18-/m0/s1. The number of hydrogen-bond donors (Lipinski definition) is 2. The Morgan fingerprint density at radius 3 is 2.29 bits per heavy atom. The molecule has 2 aromatic carbocycles. The number of nitrogens with one attached hydrogen (secondary N) is 2. The van der Waals surface area contributed by atoms with Gasteiger partial charge in [-0.05, 0) is 48.9 Å². The largest absolute Gasteiger partial charge is 0.463 e. The van der Waals surface area contributed by atoms with E-state index in [0.29, 0.717) is 27.1 Å². The van der Waals surface area contributed by atoms with Crippen LogP contribution in [0, 0.1) is 0 Å². The highest BCUT2D eigenvalue weighted by molar-refractivity contribution is 7.99. The minimum absolute atomic E-state index is 0.237. The van der Waals surface area contributed by atoms with Crippen LogP contribution < -0.4 is 10.6 Å². The van der Waals surface area contributed by atoms with E-state index in [2.05, 4.69) is 10.6 Å². The van der Waals surface area contributed by atoms with Gasteiger partial charge in [0.15, 0.2) is 0 Å². The molecular formula is C20H18Cl2N2O3S. The van der Waals surface area contributed by atoms with Crippen molar-refractivity contribution in [2.24, 2.45) is 0 Å². The third-order valence-electron chi connectivity index (χ3n) is 4.05. The summed E-state index contributed by atoms with van der Waals surface area (Å²) in [6, 6.07) is 13.4. The molecule has 3 rings (SSSR count). The monoisotopic (exact) mass is 436 g/mol. The van der Waals surface area contributed by atoms with Crippen molar-refractivity contribution in [3.8, 4) is 0 Å². The number of esters is 1. The zero-order valence-electron chi connectivity index (χ0n) is 15.0. The molecule has 1 aliphatic rings. The number of carbonyl (C=O) groups is 2. The fraction of sp³-hybridized carbons (Fsp3) is 0.200. The summed E-state index contributed by atoms with van der Waals surface area (Å²) in [5, 5.41) is 6.77. The summed E-state index contributed by atoms with van der Waals surface area (Å²) in [4.78, 5) is 25.9. The van der Waals surface area contributed by atoms with E-state index in [1.165, 1.54) is 11.8 Å². The van der Waals surface area contributed by atoms with Crippen molar-refractivity contribution in [2.75, 3.05) is 12.4 Å². The van der Waals surface area contributed by atoms with Crippen LogP contribution >= 0.6 is 35.0 Å². The van der Waals surface area contributed by atoms with Crippen LogP contribution in [0.5, 0.6) is 0 Å². The van der Waals surface area contributed by atoms with Crippen molar-refractivity contribution in [2.45, 2.75) is 17.9 Å². The molecular weight excluding hydrogens is 419 g/mol. The lowest BCUT2D eigenvalue weighted by Gasteiger charge is -2.29. The number of rotatable bonds is 6. The van der Waals surface area contributed by atoms with Gasteiger partial charge in [0, 0.05) is 26.4 Å². The molecule has 0 aromatic heterocycles. The Morgan fingerprint density at radius 1 is 1.07 bits per heavy atom. The molecule has 28 heavy (non-hydrogen) atoms. The maximum Gasteiger partial charge on any atom is 0.338 e. The summed E-state index contributed by atoms with van der Waals surface area (Å²) in [5.74, 6) is -0.0746. The Morgan fingerprint density at radius 2 is 1.68 bits per heavy atom. The Hall–Kier alpha value is -2.15. The molecule has 0 radical (unpaired) electrons. The van der Waals surface area contributed by atoms with Crippen LogP contribution in [0.2, 0.25) is 10.0 Å². The summed E-state index contributed by atoms with van der Waals surface area (Å²) < 4.78 is 5.25. The highest BCUT2D eigenvalue weighted by atomic mass is 35.5. The van der Waals surface area contributed by atoms with Crippen LogP contribution in [0.15, 0.2) is 64.7 Å². The molecule has 0 saturated carbocycles. The van der Waals surface area contributed by atoms with Crippen LogP contribution in [0.1, 0.15) is 18.5 Å². The minimum Gasteiger partial charge on any atom is -0.463 e. The van der Waals surface area contributed by atoms with E-state index in [1.54, 1.807) is 43.3 Å². The van der Waals surface area contributed by atoms with Crippen LogP contribution in [0.25, 0.3) is 0 Å². The fourth-order valence-electron chi connectivity index (χ4n) is 2.77. The van der Waals surface area contributed by atoms with Crippen molar-refractivity contribution < 1.29 is 14.3 Å². The summed E-state index contributed by atoms with van der Waals surface area (Å²) in [6.45, 7) is 1.98. The van der Waals surface area contributed by atoms with Crippen molar-refractivity contribution in [3.05, 3.63) is 75.4 Å². The van der Waals surface area contributed by atoms with Gasteiger partial charge in [-0.3, -0.25) is 0 Å². The Labute approximate surface area is 177 Å². The predicted molar refractivity (Wildman–Crippen MR) is 112 cm³/mol. The zero-order valence-corrected chi connectivity index (χ0v) is 17.3. The van der Waals surface area contributed by atoms with E-state index in [1.807, 2.05) is 12.1 Å². The average Bonchev–Trinajstić information content (AvgIpc) is 2.68. The number of hydrogen-bond acceptors (Lipinski definition) is 4. The Balaban J connectivity index is 1.94. The Bertz CT molecular complexity index is 899. The number of carbonyl (C=O) groups excluding carboxylic acids is 2. The average molecular weight is 437 g/mol. The van der Waals surface area contributed by atoms with Crippen LogP contribution in [-0.4, -0.2) is 24.4 Å². The van der Waals surface area contributed by atoms with E-state index < -0.39 is 12.0 Å². The molecule has 0 bridgehead atoms. The smallest absolute Gasteiger partial charge is 0.338 e. The lowest BCUT2D eigenvalue weighted by Crippen LogP contribution is -2.46. The maximum atomic E-state index is 12.7. The lowest BCUT2D eigenvalue weighted by atomic mass is 9.95. The summed E-state index contributed by atoms with van der Waals surface area (Å²) in [7, 11) is 0. The quantitative estimate of drug-likeness (QED) is 0.496. The summed E-state index contributed by atoms with van der Waals surface area (Å²) in [5.41, 5.74) is 1.64. The molecule has 0 aliphatic carbocycles. The number of ether oxygens (including phenoxy) is 1. The molecule has 0 unspecified atom stereocenters. The third kappa shape index (κ3) is 5.01. The van der Waals surface area contributed by atoms with E-state index in [9.17, 15) is 9.59 Å². The van der Waals surface area contributed by atoms with Gasteiger partial charge in [-0.2, -0.15) is 0 Å². The number of thioether (sulfide) groups is 1. The maximum absolute atomic E-state index is 12.7. The molecule has 1 heterocycles. The summed E-state index contributed by atoms with van der Waals surface area (Å²) in [6.07, 6.45) is 0. The lowest BCUT2D eigenvalue weighted by molar-refractivity contribution is -0.139. The first-order chi connectivity index (χ1) is 13.5. The first-order valence-electron chi connectivity index (χ1n) is 8.59. The molecule has 5 nitrogen and oxygen atoms in total. The van der Waals surface area contributed by atoms with Gasteiger partial charge >= 0.3 is 12.0 Å². The van der Waals surface area contributed by atoms with Crippen LogP contribution in [0.4, 0.5) is 4.79 Å². The van der Waals surface area contributed by atoms with Gasteiger partial charge in [-0.1, -0.05) is 35.3 Å². The molecule has 146 valence electrons. The Kier molecular flexibility index (Phi) is 6.88. The number of halogens is 2. The van der Waals surface area contributed by atoms with E-state index in [-0.39, 0.29) is 12.6 Å². The van der Waals surface area contributed by atoms with E-state index in [4.69, 9.17) is 27.9 Å². The number of amides is 2. The zero-order chi connectivity index (χ0) is 20.1. The second-order valence-corrected chi connectivity index (χ2v) is 7.86. The van der Waals surface area contributed by atoms with Crippen LogP contribution in [-0.2, 0) is 9.53 Å². The van der Waals surface area contributed by atoms with Gasteiger partial charge in [-0.25, -0.2) is 9.59 Å². The van der Waals surface area contributed by atoms with Crippen molar-refractivity contribution in [1.82, 2.24) is 10.6 Å². The highest BCUT2D eigenvalue weighted by Crippen LogP contribution is 2.31. The third-order valence-corrected chi connectivity index (χ3v) is 5.59. The molecule has 2 N–H and O–H groups in total.